The molecule has 1 aromatic heterocycles. The van der Waals surface area contributed by atoms with Gasteiger partial charge < -0.3 is 5.43 Å². The van der Waals surface area contributed by atoms with Crippen molar-refractivity contribution in [1.82, 2.24) is 9.97 Å². The van der Waals surface area contributed by atoms with Crippen LogP contribution in [-0.2, 0) is 11.8 Å². The second-order valence-corrected chi connectivity index (χ2v) is 6.19. The Morgan fingerprint density at radius 3 is 2.35 bits per heavy atom. The van der Waals surface area contributed by atoms with Gasteiger partial charge in [0, 0.05) is 22.9 Å². The van der Waals surface area contributed by atoms with Crippen molar-refractivity contribution in [3.63, 3.8) is 0 Å². The van der Waals surface area contributed by atoms with E-state index in [1.165, 1.54) is 0 Å². The molecule has 2 aromatic rings. The van der Waals surface area contributed by atoms with E-state index in [4.69, 9.17) is 17.4 Å². The molecule has 0 saturated heterocycles. The Morgan fingerprint density at radius 1 is 1.15 bits per heavy atom. The summed E-state index contributed by atoms with van der Waals surface area (Å²) in [5.41, 5.74) is 4.63. The van der Waals surface area contributed by atoms with Gasteiger partial charge in [0.05, 0.1) is 5.69 Å². The van der Waals surface area contributed by atoms with E-state index in [0.717, 1.165) is 22.1 Å². The Kier molecular flexibility index (Phi) is 4.26. The van der Waals surface area contributed by atoms with Gasteiger partial charge in [-0.1, -0.05) is 44.5 Å². The molecule has 0 fully saturated rings. The quantitative estimate of drug-likeness (QED) is 0.672. The molecule has 0 unspecified atom stereocenters. The van der Waals surface area contributed by atoms with E-state index in [-0.39, 0.29) is 5.41 Å². The summed E-state index contributed by atoms with van der Waals surface area (Å²) >= 11 is 5.89. The number of anilines is 1. The summed E-state index contributed by atoms with van der Waals surface area (Å²) in [5.74, 6) is 6.86. The number of nitrogens with one attached hydrogen (secondary N) is 1. The van der Waals surface area contributed by atoms with E-state index >= 15 is 0 Å². The van der Waals surface area contributed by atoms with E-state index in [0.29, 0.717) is 12.2 Å². The zero-order valence-electron chi connectivity index (χ0n) is 11.9. The van der Waals surface area contributed by atoms with Crippen molar-refractivity contribution in [2.75, 3.05) is 5.43 Å². The van der Waals surface area contributed by atoms with Gasteiger partial charge in [-0.3, -0.25) is 0 Å². The standard InChI is InChI=1S/C15H19ClN4/c1-15(2,3)12-9-14(20-17)19-13(18-12)8-10-4-6-11(16)7-5-10/h4-7,9H,8,17H2,1-3H3,(H,18,19,20). The van der Waals surface area contributed by atoms with E-state index in [2.05, 4.69) is 36.2 Å². The fourth-order valence-electron chi connectivity index (χ4n) is 1.82. The molecule has 5 heteroatoms. The SMILES string of the molecule is CC(C)(C)c1cc(NN)nc(Cc2ccc(Cl)cc2)n1. The summed E-state index contributed by atoms with van der Waals surface area (Å²) in [5, 5.41) is 0.724. The van der Waals surface area contributed by atoms with Crippen molar-refractivity contribution in [2.45, 2.75) is 32.6 Å². The van der Waals surface area contributed by atoms with Crippen LogP contribution in [0.4, 0.5) is 5.82 Å². The summed E-state index contributed by atoms with van der Waals surface area (Å²) in [4.78, 5) is 9.03. The first-order chi connectivity index (χ1) is 9.38. The molecule has 0 aliphatic carbocycles. The van der Waals surface area contributed by atoms with Crippen LogP contribution in [0.1, 0.15) is 37.9 Å². The number of benzene rings is 1. The zero-order valence-corrected chi connectivity index (χ0v) is 12.7. The minimum atomic E-state index is -0.0523. The number of hydrogen-bond acceptors (Lipinski definition) is 4. The van der Waals surface area contributed by atoms with Crippen LogP contribution in [0.5, 0.6) is 0 Å². The summed E-state index contributed by atoms with van der Waals surface area (Å²) < 4.78 is 0. The van der Waals surface area contributed by atoms with Gasteiger partial charge in [0.15, 0.2) is 0 Å². The first kappa shape index (κ1) is 14.8. The Morgan fingerprint density at radius 2 is 1.80 bits per heavy atom. The molecule has 1 aromatic carbocycles. The minimum absolute atomic E-state index is 0.0523. The fourth-order valence-corrected chi connectivity index (χ4v) is 1.95. The Balaban J connectivity index is 2.33. The molecule has 1 heterocycles. The van der Waals surface area contributed by atoms with Gasteiger partial charge in [0.1, 0.15) is 11.6 Å². The first-order valence-electron chi connectivity index (χ1n) is 6.48. The lowest BCUT2D eigenvalue weighted by Gasteiger charge is -2.19. The maximum Gasteiger partial charge on any atom is 0.143 e. The maximum atomic E-state index is 5.89. The molecule has 0 saturated carbocycles. The van der Waals surface area contributed by atoms with Gasteiger partial charge >= 0.3 is 0 Å². The zero-order chi connectivity index (χ0) is 14.8. The van der Waals surface area contributed by atoms with Crippen LogP contribution in [0.3, 0.4) is 0 Å². The van der Waals surface area contributed by atoms with Gasteiger partial charge in [-0.2, -0.15) is 0 Å². The molecule has 0 radical (unpaired) electrons. The largest absolute Gasteiger partial charge is 0.308 e. The average molecular weight is 291 g/mol. The number of aromatic nitrogens is 2. The molecule has 0 aliphatic rings. The van der Waals surface area contributed by atoms with E-state index in [1.807, 2.05) is 30.3 Å². The average Bonchev–Trinajstić information content (AvgIpc) is 2.40. The number of hydrogen-bond donors (Lipinski definition) is 2. The summed E-state index contributed by atoms with van der Waals surface area (Å²) in [6.07, 6.45) is 0.649. The third-order valence-electron chi connectivity index (χ3n) is 2.96. The third-order valence-corrected chi connectivity index (χ3v) is 3.22. The van der Waals surface area contributed by atoms with E-state index < -0.39 is 0 Å². The van der Waals surface area contributed by atoms with Gasteiger partial charge in [-0.15, -0.1) is 0 Å². The highest BCUT2D eigenvalue weighted by atomic mass is 35.5. The van der Waals surface area contributed by atoms with E-state index in [1.54, 1.807) is 0 Å². The number of nitrogens with zero attached hydrogens (tertiary/aromatic N) is 2. The van der Waals surface area contributed by atoms with Gasteiger partial charge in [-0.25, -0.2) is 15.8 Å². The molecule has 0 amide bonds. The third kappa shape index (κ3) is 3.68. The molecular weight excluding hydrogens is 272 g/mol. The summed E-state index contributed by atoms with van der Waals surface area (Å²) in [6, 6.07) is 9.57. The predicted octanol–water partition coefficient (Wildman–Crippen LogP) is 3.30. The molecular formula is C15H19ClN4. The van der Waals surface area contributed by atoms with Crippen molar-refractivity contribution in [3.05, 3.63) is 52.4 Å². The molecule has 4 nitrogen and oxygen atoms in total. The maximum absolute atomic E-state index is 5.89. The molecule has 0 spiro atoms. The molecule has 0 aliphatic heterocycles. The lowest BCUT2D eigenvalue weighted by molar-refractivity contribution is 0.563. The highest BCUT2D eigenvalue weighted by Crippen LogP contribution is 2.23. The number of nitrogens with two attached hydrogens (primary N) is 1. The van der Waals surface area contributed by atoms with Crippen LogP contribution in [0, 0.1) is 0 Å². The lowest BCUT2D eigenvalue weighted by atomic mass is 9.92. The Hall–Kier alpha value is -1.65. The molecule has 3 N–H and O–H groups in total. The Labute approximate surface area is 124 Å². The lowest BCUT2D eigenvalue weighted by Crippen LogP contribution is -2.18. The minimum Gasteiger partial charge on any atom is -0.308 e. The topological polar surface area (TPSA) is 63.8 Å². The molecule has 0 bridgehead atoms. The van der Waals surface area contributed by atoms with Gasteiger partial charge in [-0.05, 0) is 17.7 Å². The van der Waals surface area contributed by atoms with Crippen LogP contribution in [0.25, 0.3) is 0 Å². The van der Waals surface area contributed by atoms with Gasteiger partial charge in [0.2, 0.25) is 0 Å². The van der Waals surface area contributed by atoms with Crippen LogP contribution < -0.4 is 11.3 Å². The summed E-state index contributed by atoms with van der Waals surface area (Å²) in [7, 11) is 0. The van der Waals surface area contributed by atoms with Crippen molar-refractivity contribution in [1.29, 1.82) is 0 Å². The van der Waals surface area contributed by atoms with Crippen molar-refractivity contribution in [2.24, 2.45) is 5.84 Å². The van der Waals surface area contributed by atoms with E-state index in [9.17, 15) is 0 Å². The monoisotopic (exact) mass is 290 g/mol. The second-order valence-electron chi connectivity index (χ2n) is 5.75. The van der Waals surface area contributed by atoms with Crippen molar-refractivity contribution < 1.29 is 0 Å². The Bertz CT molecular complexity index is 588. The number of hydrazine groups is 1. The van der Waals surface area contributed by atoms with Crippen molar-refractivity contribution in [3.8, 4) is 0 Å². The van der Waals surface area contributed by atoms with Crippen LogP contribution >= 0.6 is 11.6 Å². The van der Waals surface area contributed by atoms with Crippen LogP contribution in [0.2, 0.25) is 5.02 Å². The molecule has 106 valence electrons. The van der Waals surface area contributed by atoms with Crippen molar-refractivity contribution >= 4 is 17.4 Å². The van der Waals surface area contributed by atoms with Gasteiger partial charge in [0.25, 0.3) is 0 Å². The number of rotatable bonds is 3. The smallest absolute Gasteiger partial charge is 0.143 e. The van der Waals surface area contributed by atoms with Crippen LogP contribution in [-0.4, -0.2) is 9.97 Å². The predicted molar refractivity (Wildman–Crippen MR) is 82.8 cm³/mol. The summed E-state index contributed by atoms with van der Waals surface area (Å²) in [6.45, 7) is 6.34. The highest BCUT2D eigenvalue weighted by molar-refractivity contribution is 6.30. The highest BCUT2D eigenvalue weighted by Gasteiger charge is 2.18. The molecule has 2 rings (SSSR count). The molecule has 0 atom stereocenters. The molecule has 20 heavy (non-hydrogen) atoms. The fraction of sp³-hybridized carbons (Fsp3) is 0.333. The normalized spacial score (nSPS) is 11.4. The van der Waals surface area contributed by atoms with Crippen LogP contribution in [0.15, 0.2) is 30.3 Å². The second kappa shape index (κ2) is 5.77. The number of halogens is 1. The number of nitrogen functional groups attached to an aromatic ring is 1. The first-order valence-corrected chi connectivity index (χ1v) is 6.86.